The first kappa shape index (κ1) is 13.2. The molecule has 0 bridgehead atoms. The van der Waals surface area contributed by atoms with Crippen LogP contribution in [0.3, 0.4) is 0 Å². The number of primary amides is 1. The smallest absolute Gasteiger partial charge is 0.255 e. The third kappa shape index (κ3) is 4.68. The lowest BCUT2D eigenvalue weighted by Gasteiger charge is -2.06. The average molecular weight is 235 g/mol. The first-order valence-electron chi connectivity index (χ1n) is 5.53. The van der Waals surface area contributed by atoms with Gasteiger partial charge in [0.15, 0.2) is 12.4 Å². The minimum Gasteiger partial charge on any atom is -0.484 e. The van der Waals surface area contributed by atoms with Crippen LogP contribution in [0.5, 0.6) is 5.75 Å². The molecule has 0 unspecified atom stereocenters. The molecule has 0 spiro atoms. The molecule has 0 heterocycles. The third-order valence-electron chi connectivity index (χ3n) is 2.15. The fraction of sp³-hybridized carbons (Fsp3) is 0.385. The number of hydrogen-bond acceptors (Lipinski definition) is 3. The van der Waals surface area contributed by atoms with Crippen LogP contribution >= 0.6 is 0 Å². The van der Waals surface area contributed by atoms with Gasteiger partial charge in [0.05, 0.1) is 0 Å². The van der Waals surface area contributed by atoms with Gasteiger partial charge in [0.25, 0.3) is 5.91 Å². The Hall–Kier alpha value is -1.84. The molecule has 4 heteroatoms. The largest absolute Gasteiger partial charge is 0.484 e. The van der Waals surface area contributed by atoms with Crippen molar-refractivity contribution in [2.45, 2.75) is 20.3 Å². The Morgan fingerprint density at radius 3 is 2.29 bits per heavy atom. The highest BCUT2D eigenvalue weighted by Crippen LogP contribution is 2.15. The molecule has 17 heavy (non-hydrogen) atoms. The van der Waals surface area contributed by atoms with Gasteiger partial charge in [-0.15, -0.1) is 0 Å². The molecule has 0 aliphatic carbocycles. The minimum atomic E-state index is -0.523. The summed E-state index contributed by atoms with van der Waals surface area (Å²) in [5.74, 6) is 0.463. The molecule has 1 aromatic carbocycles. The van der Waals surface area contributed by atoms with E-state index in [0.29, 0.717) is 23.7 Å². The molecule has 1 aromatic rings. The van der Waals surface area contributed by atoms with E-state index in [-0.39, 0.29) is 12.4 Å². The number of rotatable bonds is 6. The van der Waals surface area contributed by atoms with Crippen LogP contribution in [0.4, 0.5) is 0 Å². The third-order valence-corrected chi connectivity index (χ3v) is 2.15. The highest BCUT2D eigenvalue weighted by molar-refractivity contribution is 5.96. The first-order valence-corrected chi connectivity index (χ1v) is 5.53. The number of hydrogen-bond donors (Lipinski definition) is 1. The van der Waals surface area contributed by atoms with Crippen LogP contribution in [0.1, 0.15) is 30.6 Å². The highest BCUT2D eigenvalue weighted by atomic mass is 16.5. The number of carbonyl (C=O) groups excluding carboxylic acids is 2. The quantitative estimate of drug-likeness (QED) is 0.764. The van der Waals surface area contributed by atoms with Crippen molar-refractivity contribution in [1.29, 1.82) is 0 Å². The second kappa shape index (κ2) is 6.03. The normalized spacial score (nSPS) is 10.3. The summed E-state index contributed by atoms with van der Waals surface area (Å²) in [7, 11) is 0. The van der Waals surface area contributed by atoms with E-state index in [1.54, 1.807) is 24.3 Å². The molecular formula is C13H17NO3. The van der Waals surface area contributed by atoms with Crippen LogP contribution < -0.4 is 10.5 Å². The molecule has 4 nitrogen and oxygen atoms in total. The van der Waals surface area contributed by atoms with E-state index < -0.39 is 5.91 Å². The lowest BCUT2D eigenvalue weighted by Crippen LogP contribution is -2.20. The van der Waals surface area contributed by atoms with Crippen LogP contribution in [0.25, 0.3) is 0 Å². The molecule has 0 atom stereocenters. The van der Waals surface area contributed by atoms with Gasteiger partial charge < -0.3 is 10.5 Å². The molecule has 0 radical (unpaired) electrons. The zero-order chi connectivity index (χ0) is 12.8. The van der Waals surface area contributed by atoms with E-state index in [2.05, 4.69) is 0 Å². The molecule has 0 aromatic heterocycles. The zero-order valence-electron chi connectivity index (χ0n) is 10.1. The predicted octanol–water partition coefficient (Wildman–Crippen LogP) is 1.78. The number of ether oxygens (including phenoxy) is 1. The zero-order valence-corrected chi connectivity index (χ0v) is 10.1. The van der Waals surface area contributed by atoms with Crippen molar-refractivity contribution in [1.82, 2.24) is 0 Å². The van der Waals surface area contributed by atoms with E-state index in [0.717, 1.165) is 0 Å². The Bertz CT molecular complexity index is 396. The monoisotopic (exact) mass is 235 g/mol. The molecule has 92 valence electrons. The fourth-order valence-corrected chi connectivity index (χ4v) is 1.38. The van der Waals surface area contributed by atoms with Gasteiger partial charge in [-0.1, -0.05) is 13.8 Å². The molecule has 0 saturated carbocycles. The maximum atomic E-state index is 11.7. The Morgan fingerprint density at radius 1 is 1.24 bits per heavy atom. The maximum absolute atomic E-state index is 11.7. The Labute approximate surface area is 101 Å². The number of amides is 1. The van der Waals surface area contributed by atoms with Gasteiger partial charge in [0, 0.05) is 12.0 Å². The second-order valence-corrected chi connectivity index (χ2v) is 4.30. The summed E-state index contributed by atoms with van der Waals surface area (Å²) in [6, 6.07) is 6.72. The number of ketones is 1. The van der Waals surface area contributed by atoms with E-state index in [9.17, 15) is 9.59 Å². The summed E-state index contributed by atoms with van der Waals surface area (Å²) < 4.78 is 5.10. The predicted molar refractivity (Wildman–Crippen MR) is 64.9 cm³/mol. The summed E-state index contributed by atoms with van der Waals surface area (Å²) in [5, 5.41) is 0. The van der Waals surface area contributed by atoms with Gasteiger partial charge in [-0.3, -0.25) is 9.59 Å². The number of carbonyl (C=O) groups is 2. The van der Waals surface area contributed by atoms with Crippen molar-refractivity contribution >= 4 is 11.7 Å². The van der Waals surface area contributed by atoms with E-state index in [1.165, 1.54) is 0 Å². The molecule has 0 aliphatic rings. The number of Topliss-reactive ketones (excluding diaryl/α,β-unsaturated/α-hetero) is 1. The van der Waals surface area contributed by atoms with Gasteiger partial charge in [0.1, 0.15) is 5.75 Å². The van der Waals surface area contributed by atoms with Crippen LogP contribution in [-0.4, -0.2) is 18.3 Å². The van der Waals surface area contributed by atoms with Crippen molar-refractivity contribution in [3.8, 4) is 5.75 Å². The summed E-state index contributed by atoms with van der Waals surface area (Å²) in [5.41, 5.74) is 5.61. The van der Waals surface area contributed by atoms with Gasteiger partial charge in [-0.2, -0.15) is 0 Å². The van der Waals surface area contributed by atoms with E-state index >= 15 is 0 Å². The van der Waals surface area contributed by atoms with Gasteiger partial charge >= 0.3 is 0 Å². The molecule has 0 aliphatic heterocycles. The van der Waals surface area contributed by atoms with Crippen LogP contribution in [0.2, 0.25) is 0 Å². The Kier molecular flexibility index (Phi) is 4.69. The SMILES string of the molecule is CC(C)CC(=O)c1ccc(OCC(N)=O)cc1. The molecule has 1 rings (SSSR count). The van der Waals surface area contributed by atoms with Crippen LogP contribution in [0, 0.1) is 5.92 Å². The highest BCUT2D eigenvalue weighted by Gasteiger charge is 2.08. The molecule has 1 amide bonds. The second-order valence-electron chi connectivity index (χ2n) is 4.30. The van der Waals surface area contributed by atoms with Crippen LogP contribution in [-0.2, 0) is 4.79 Å². The Balaban J connectivity index is 2.61. The average Bonchev–Trinajstić information content (AvgIpc) is 2.26. The van der Waals surface area contributed by atoms with Crippen LogP contribution in [0.15, 0.2) is 24.3 Å². The van der Waals surface area contributed by atoms with E-state index in [4.69, 9.17) is 10.5 Å². The van der Waals surface area contributed by atoms with Gasteiger partial charge in [0.2, 0.25) is 0 Å². The summed E-state index contributed by atoms with van der Waals surface area (Å²) in [4.78, 5) is 22.2. The number of nitrogens with two attached hydrogens (primary N) is 1. The maximum Gasteiger partial charge on any atom is 0.255 e. The van der Waals surface area contributed by atoms with Crippen molar-refractivity contribution in [2.75, 3.05) is 6.61 Å². The summed E-state index contributed by atoms with van der Waals surface area (Å²) in [6.07, 6.45) is 0.529. The first-order chi connectivity index (χ1) is 7.99. The standard InChI is InChI=1S/C13H17NO3/c1-9(2)7-12(15)10-3-5-11(6-4-10)17-8-13(14)16/h3-6,9H,7-8H2,1-2H3,(H2,14,16). The molecular weight excluding hydrogens is 218 g/mol. The summed E-state index contributed by atoms with van der Waals surface area (Å²) in [6.45, 7) is 3.85. The topological polar surface area (TPSA) is 69.4 Å². The summed E-state index contributed by atoms with van der Waals surface area (Å²) >= 11 is 0. The lowest BCUT2D eigenvalue weighted by molar-refractivity contribution is -0.119. The fourth-order valence-electron chi connectivity index (χ4n) is 1.38. The molecule has 0 fully saturated rings. The number of benzene rings is 1. The van der Waals surface area contributed by atoms with E-state index in [1.807, 2.05) is 13.8 Å². The Morgan fingerprint density at radius 2 is 1.82 bits per heavy atom. The van der Waals surface area contributed by atoms with Crippen molar-refractivity contribution in [3.05, 3.63) is 29.8 Å². The molecule has 2 N–H and O–H groups in total. The molecule has 0 saturated heterocycles. The minimum absolute atomic E-state index is 0.112. The van der Waals surface area contributed by atoms with Gasteiger partial charge in [-0.05, 0) is 30.2 Å². The van der Waals surface area contributed by atoms with Gasteiger partial charge in [-0.25, -0.2) is 0 Å². The van der Waals surface area contributed by atoms with Crippen molar-refractivity contribution in [3.63, 3.8) is 0 Å². The van der Waals surface area contributed by atoms with Crippen molar-refractivity contribution < 1.29 is 14.3 Å². The van der Waals surface area contributed by atoms with Crippen molar-refractivity contribution in [2.24, 2.45) is 11.7 Å². The lowest BCUT2D eigenvalue weighted by atomic mass is 10.0.